The van der Waals surface area contributed by atoms with E-state index >= 15 is 0 Å². The molecular weight excluding hydrogens is 285 g/mol. The molecule has 0 bridgehead atoms. The Bertz CT molecular complexity index is 459. The van der Waals surface area contributed by atoms with Crippen LogP contribution in [0.4, 0.5) is 10.5 Å². The molecule has 1 aliphatic rings. The molecule has 4 nitrogen and oxygen atoms in total. The van der Waals surface area contributed by atoms with Gasteiger partial charge in [-0.05, 0) is 31.7 Å². The summed E-state index contributed by atoms with van der Waals surface area (Å²) >= 11 is 11.7. The van der Waals surface area contributed by atoms with Gasteiger partial charge in [0.1, 0.15) is 0 Å². The zero-order valence-corrected chi connectivity index (χ0v) is 12.0. The Hall–Kier alpha value is -0.970. The number of urea groups is 1. The van der Waals surface area contributed by atoms with Crippen LogP contribution in [0.25, 0.3) is 0 Å². The molecule has 2 rings (SSSR count). The van der Waals surface area contributed by atoms with Crippen LogP contribution in [-0.2, 0) is 0 Å². The highest BCUT2D eigenvalue weighted by Gasteiger charge is 2.20. The first-order valence-corrected chi connectivity index (χ1v) is 6.88. The van der Waals surface area contributed by atoms with Crippen molar-refractivity contribution in [3.8, 4) is 0 Å². The van der Waals surface area contributed by atoms with Crippen molar-refractivity contribution in [2.24, 2.45) is 0 Å². The highest BCUT2D eigenvalue weighted by Crippen LogP contribution is 2.25. The van der Waals surface area contributed by atoms with Crippen molar-refractivity contribution >= 4 is 34.9 Å². The van der Waals surface area contributed by atoms with E-state index in [2.05, 4.69) is 17.1 Å². The summed E-state index contributed by atoms with van der Waals surface area (Å²) in [4.78, 5) is 16.1. The van der Waals surface area contributed by atoms with Gasteiger partial charge in [0.15, 0.2) is 0 Å². The molecule has 6 heteroatoms. The summed E-state index contributed by atoms with van der Waals surface area (Å²) in [5.74, 6) is 0. The van der Waals surface area contributed by atoms with Gasteiger partial charge in [-0.2, -0.15) is 0 Å². The predicted octanol–water partition coefficient (Wildman–Crippen LogP) is 2.98. The van der Waals surface area contributed by atoms with Crippen LogP contribution in [0.15, 0.2) is 18.2 Å². The van der Waals surface area contributed by atoms with Crippen LogP contribution >= 0.6 is 23.2 Å². The van der Waals surface area contributed by atoms with Crippen molar-refractivity contribution in [3.05, 3.63) is 35.2 Å². The Balaban J connectivity index is 1.92. The second kappa shape index (κ2) is 6.46. The summed E-state index contributed by atoms with van der Waals surface area (Å²) in [6.07, 6.45) is 0. The topological polar surface area (TPSA) is 35.6 Å². The third-order valence-electron chi connectivity index (χ3n) is 3.15. The number of piperazine rings is 1. The highest BCUT2D eigenvalue weighted by atomic mass is 35.5. The first kappa shape index (κ1) is 14.4. The number of nitrogens with zero attached hydrogens (tertiary/aromatic N) is 2. The van der Waals surface area contributed by atoms with Crippen LogP contribution in [0.2, 0.25) is 10.0 Å². The number of hydrogen-bond acceptors (Lipinski definition) is 2. The van der Waals surface area contributed by atoms with Gasteiger partial charge in [0.25, 0.3) is 0 Å². The Kier molecular flexibility index (Phi) is 4.91. The molecule has 0 aliphatic carbocycles. The van der Waals surface area contributed by atoms with E-state index in [9.17, 15) is 4.79 Å². The second-order valence-corrected chi connectivity index (χ2v) is 5.20. The number of anilines is 1. The van der Waals surface area contributed by atoms with Gasteiger partial charge < -0.3 is 10.2 Å². The molecule has 0 aromatic heterocycles. The van der Waals surface area contributed by atoms with E-state index in [0.717, 1.165) is 19.6 Å². The minimum Gasteiger partial charge on any atom is -0.322 e. The van der Waals surface area contributed by atoms with Gasteiger partial charge in [0.05, 0.1) is 10.0 Å². The largest absolute Gasteiger partial charge is 0.322 e. The molecule has 2 amide bonds. The lowest BCUT2D eigenvalue weighted by molar-refractivity contribution is 0.155. The number of benzene rings is 1. The molecule has 0 spiro atoms. The van der Waals surface area contributed by atoms with Gasteiger partial charge >= 0.3 is 6.03 Å². The van der Waals surface area contributed by atoms with Crippen LogP contribution in [0.1, 0.15) is 0 Å². The minimum atomic E-state index is -0.109. The van der Waals surface area contributed by atoms with E-state index in [4.69, 9.17) is 23.2 Å². The lowest BCUT2D eigenvalue weighted by Gasteiger charge is -2.33. The van der Waals surface area contributed by atoms with E-state index in [0.29, 0.717) is 28.8 Å². The van der Waals surface area contributed by atoms with E-state index < -0.39 is 0 Å². The van der Waals surface area contributed by atoms with Crippen LogP contribution in [0.5, 0.6) is 0 Å². The van der Waals surface area contributed by atoms with Crippen LogP contribution in [0.3, 0.4) is 0 Å². The Morgan fingerprint density at radius 3 is 2.47 bits per heavy atom. The fraction of sp³-hybridized carbons (Fsp3) is 0.385. The standard InChI is InChI=1S/C13H16Cl2N3O/c1-2-17-5-7-18(8-6-17)13(19)16-10-3-4-11(14)12(15)9-10/h3-4,9H,1-2,5-8H2,(H,16,19). The number of halogens is 2. The molecule has 1 fully saturated rings. The molecule has 0 atom stereocenters. The second-order valence-electron chi connectivity index (χ2n) is 4.39. The summed E-state index contributed by atoms with van der Waals surface area (Å²) in [5, 5.41) is 3.73. The van der Waals surface area contributed by atoms with Gasteiger partial charge in [0.2, 0.25) is 0 Å². The lowest BCUT2D eigenvalue weighted by atomic mass is 10.3. The average Bonchev–Trinajstić information content (AvgIpc) is 2.43. The quantitative estimate of drug-likeness (QED) is 0.911. The molecule has 19 heavy (non-hydrogen) atoms. The van der Waals surface area contributed by atoms with Crippen molar-refractivity contribution in [3.63, 3.8) is 0 Å². The van der Waals surface area contributed by atoms with E-state index in [1.807, 2.05) is 0 Å². The molecule has 1 aromatic rings. The maximum Gasteiger partial charge on any atom is 0.321 e. The van der Waals surface area contributed by atoms with Crippen LogP contribution in [0, 0.1) is 6.92 Å². The molecule has 1 aromatic carbocycles. The Morgan fingerprint density at radius 1 is 1.21 bits per heavy atom. The Labute approximate surface area is 123 Å². The van der Waals surface area contributed by atoms with Crippen molar-refractivity contribution in [1.29, 1.82) is 0 Å². The highest BCUT2D eigenvalue weighted by molar-refractivity contribution is 6.42. The SMILES string of the molecule is [CH2]CN1CCN(C(=O)Nc2ccc(Cl)c(Cl)c2)CC1. The zero-order valence-electron chi connectivity index (χ0n) is 10.5. The molecule has 0 saturated carbocycles. The number of hydrogen-bond donors (Lipinski definition) is 1. The van der Waals surface area contributed by atoms with Crippen molar-refractivity contribution < 1.29 is 4.79 Å². The maximum absolute atomic E-state index is 12.1. The molecule has 1 aliphatic heterocycles. The van der Waals surface area contributed by atoms with E-state index in [1.54, 1.807) is 23.1 Å². The first-order valence-electron chi connectivity index (χ1n) is 6.12. The van der Waals surface area contributed by atoms with Gasteiger partial charge in [-0.25, -0.2) is 4.79 Å². The Morgan fingerprint density at radius 2 is 1.89 bits per heavy atom. The number of amides is 2. The number of carbonyl (C=O) groups is 1. The van der Waals surface area contributed by atoms with Crippen molar-refractivity contribution in [1.82, 2.24) is 9.80 Å². The zero-order chi connectivity index (χ0) is 13.8. The van der Waals surface area contributed by atoms with Crippen LogP contribution in [-0.4, -0.2) is 48.6 Å². The summed E-state index contributed by atoms with van der Waals surface area (Å²) in [7, 11) is 0. The number of nitrogens with one attached hydrogen (secondary N) is 1. The molecular formula is C13H16Cl2N3O. The van der Waals surface area contributed by atoms with Crippen molar-refractivity contribution in [2.45, 2.75) is 0 Å². The predicted molar refractivity (Wildman–Crippen MR) is 78.9 cm³/mol. The average molecular weight is 301 g/mol. The number of carbonyl (C=O) groups excluding carboxylic acids is 1. The molecule has 0 unspecified atom stereocenters. The summed E-state index contributed by atoms with van der Waals surface area (Å²) in [5.41, 5.74) is 0.652. The fourth-order valence-corrected chi connectivity index (χ4v) is 2.25. The summed E-state index contributed by atoms with van der Waals surface area (Å²) in [6, 6.07) is 4.94. The monoisotopic (exact) mass is 300 g/mol. The third kappa shape index (κ3) is 3.75. The van der Waals surface area contributed by atoms with Gasteiger partial charge in [-0.1, -0.05) is 23.2 Å². The van der Waals surface area contributed by atoms with Crippen LogP contribution < -0.4 is 5.32 Å². The molecule has 1 saturated heterocycles. The normalized spacial score (nSPS) is 16.5. The maximum atomic E-state index is 12.1. The molecule has 1 N–H and O–H groups in total. The van der Waals surface area contributed by atoms with Gasteiger partial charge in [-0.3, -0.25) is 4.90 Å². The fourth-order valence-electron chi connectivity index (χ4n) is 1.95. The summed E-state index contributed by atoms with van der Waals surface area (Å²) < 4.78 is 0. The molecule has 1 radical (unpaired) electrons. The number of rotatable bonds is 2. The minimum absolute atomic E-state index is 0.109. The smallest absolute Gasteiger partial charge is 0.321 e. The van der Waals surface area contributed by atoms with Crippen molar-refractivity contribution in [2.75, 3.05) is 38.0 Å². The van der Waals surface area contributed by atoms with Gasteiger partial charge in [0, 0.05) is 31.9 Å². The van der Waals surface area contributed by atoms with Gasteiger partial charge in [-0.15, -0.1) is 0 Å². The lowest BCUT2D eigenvalue weighted by Crippen LogP contribution is -2.49. The molecule has 103 valence electrons. The van der Waals surface area contributed by atoms with E-state index in [-0.39, 0.29) is 6.03 Å². The first-order chi connectivity index (χ1) is 9.10. The molecule has 1 heterocycles. The van der Waals surface area contributed by atoms with E-state index in [1.165, 1.54) is 0 Å². The third-order valence-corrected chi connectivity index (χ3v) is 3.89. The summed E-state index contributed by atoms with van der Waals surface area (Å²) in [6.45, 7) is 7.77.